The van der Waals surface area contributed by atoms with E-state index in [4.69, 9.17) is 10.5 Å². The largest absolute Gasteiger partial charge is 0.444 e. The number of carbonyl (C=O) groups excluding carboxylic acids is 1. The van der Waals surface area contributed by atoms with E-state index in [1.807, 2.05) is 6.92 Å². The molecule has 1 amide bonds. The molecule has 0 bridgehead atoms. The SMILES string of the molecule is Cc1ccc(S(=O)(=O)N2CCN(C(=O)OC(C)(C)C)[C@H](CO)C2)cc1-c1cn2c(N)ncnc2n1. The zero-order valence-electron chi connectivity index (χ0n) is 20.0. The van der Waals surface area contributed by atoms with Gasteiger partial charge in [-0.15, -0.1) is 0 Å². The van der Waals surface area contributed by atoms with Crippen molar-refractivity contribution in [2.75, 3.05) is 32.0 Å². The van der Waals surface area contributed by atoms with Crippen LogP contribution in [0.25, 0.3) is 17.0 Å². The highest BCUT2D eigenvalue weighted by Crippen LogP contribution is 2.29. The van der Waals surface area contributed by atoms with E-state index in [0.717, 1.165) is 5.56 Å². The van der Waals surface area contributed by atoms with Gasteiger partial charge in [0.1, 0.15) is 11.9 Å². The average molecular weight is 504 g/mol. The van der Waals surface area contributed by atoms with E-state index in [-0.39, 0.29) is 30.5 Å². The van der Waals surface area contributed by atoms with Gasteiger partial charge in [0.25, 0.3) is 0 Å². The summed E-state index contributed by atoms with van der Waals surface area (Å²) in [5, 5.41) is 9.88. The zero-order valence-corrected chi connectivity index (χ0v) is 20.9. The van der Waals surface area contributed by atoms with Crippen LogP contribution < -0.4 is 5.73 Å². The molecule has 0 saturated carbocycles. The predicted molar refractivity (Wildman–Crippen MR) is 128 cm³/mol. The second-order valence-electron chi connectivity index (χ2n) is 9.38. The molecule has 0 aliphatic carbocycles. The number of sulfonamides is 1. The normalized spacial score (nSPS) is 17.6. The van der Waals surface area contributed by atoms with Gasteiger partial charge in [0.2, 0.25) is 21.7 Å². The summed E-state index contributed by atoms with van der Waals surface area (Å²) < 4.78 is 35.2. The quantitative estimate of drug-likeness (QED) is 0.535. The van der Waals surface area contributed by atoms with Crippen LogP contribution in [0.1, 0.15) is 26.3 Å². The maximum Gasteiger partial charge on any atom is 0.410 e. The third kappa shape index (κ3) is 4.92. The number of nitrogens with zero attached hydrogens (tertiary/aromatic N) is 6. The summed E-state index contributed by atoms with van der Waals surface area (Å²) in [4.78, 5) is 26.5. The number of carbonyl (C=O) groups is 1. The van der Waals surface area contributed by atoms with Crippen molar-refractivity contribution in [1.82, 2.24) is 28.6 Å². The lowest BCUT2D eigenvalue weighted by atomic mass is 10.1. The van der Waals surface area contributed by atoms with Crippen molar-refractivity contribution >= 4 is 27.8 Å². The molecule has 0 radical (unpaired) electrons. The number of nitrogens with two attached hydrogens (primary N) is 1. The van der Waals surface area contributed by atoms with Gasteiger partial charge in [-0.05, 0) is 45.4 Å². The first-order valence-electron chi connectivity index (χ1n) is 11.1. The second-order valence-corrected chi connectivity index (χ2v) is 11.3. The van der Waals surface area contributed by atoms with E-state index in [2.05, 4.69) is 15.0 Å². The molecule has 1 aliphatic rings. The number of benzene rings is 1. The number of aryl methyl sites for hydroxylation is 1. The average Bonchev–Trinajstić information content (AvgIpc) is 3.23. The van der Waals surface area contributed by atoms with Gasteiger partial charge in [-0.1, -0.05) is 6.07 Å². The number of imidazole rings is 1. The highest BCUT2D eigenvalue weighted by atomic mass is 32.2. The number of aromatic nitrogens is 4. The Kier molecular flexibility index (Phi) is 6.42. The van der Waals surface area contributed by atoms with Crippen molar-refractivity contribution < 1.29 is 23.1 Å². The first-order chi connectivity index (χ1) is 16.4. The molecule has 13 heteroatoms. The first kappa shape index (κ1) is 24.8. The number of anilines is 1. The Labute approximate surface area is 203 Å². The standard InChI is InChI=1S/C22H29N7O5S/c1-14-5-6-16(9-17(14)18-11-29-19(23)24-13-25-20(29)26-18)35(32,33)27-7-8-28(15(10-27)12-30)21(31)34-22(2,3)4/h5-6,9,11,13,15,30H,7-8,10,12H2,1-4H3,(H2,23,24,25,26)/t15-/m0/s1. The van der Waals surface area contributed by atoms with E-state index < -0.39 is 34.4 Å². The summed E-state index contributed by atoms with van der Waals surface area (Å²) >= 11 is 0. The molecule has 188 valence electrons. The van der Waals surface area contributed by atoms with Crippen molar-refractivity contribution in [1.29, 1.82) is 0 Å². The molecular weight excluding hydrogens is 474 g/mol. The van der Waals surface area contributed by atoms with Crippen molar-refractivity contribution in [3.05, 3.63) is 36.3 Å². The van der Waals surface area contributed by atoms with Crippen molar-refractivity contribution in [3.8, 4) is 11.3 Å². The summed E-state index contributed by atoms with van der Waals surface area (Å²) in [5.41, 5.74) is 7.13. The lowest BCUT2D eigenvalue weighted by Gasteiger charge is -2.40. The minimum Gasteiger partial charge on any atom is -0.444 e. The fourth-order valence-corrected chi connectivity index (χ4v) is 5.41. The topological polar surface area (TPSA) is 156 Å². The van der Waals surface area contributed by atoms with Crippen LogP contribution in [0.15, 0.2) is 35.6 Å². The lowest BCUT2D eigenvalue weighted by Crippen LogP contribution is -2.58. The van der Waals surface area contributed by atoms with Crippen LogP contribution >= 0.6 is 0 Å². The Morgan fingerprint density at radius 3 is 2.66 bits per heavy atom. The molecule has 1 atom stereocenters. The monoisotopic (exact) mass is 503 g/mol. The minimum absolute atomic E-state index is 0.0538. The van der Waals surface area contributed by atoms with E-state index in [1.165, 1.54) is 26.0 Å². The number of amides is 1. The van der Waals surface area contributed by atoms with E-state index in [1.54, 1.807) is 39.1 Å². The lowest BCUT2D eigenvalue weighted by molar-refractivity contribution is -0.00256. The van der Waals surface area contributed by atoms with Crippen molar-refractivity contribution in [2.24, 2.45) is 0 Å². The molecule has 1 saturated heterocycles. The van der Waals surface area contributed by atoms with Crippen LogP contribution in [0.2, 0.25) is 0 Å². The molecule has 3 aromatic rings. The fourth-order valence-electron chi connectivity index (χ4n) is 3.91. The first-order valence-corrected chi connectivity index (χ1v) is 12.5. The summed E-state index contributed by atoms with van der Waals surface area (Å²) in [6.45, 7) is 6.82. The maximum atomic E-state index is 13.5. The number of hydrogen-bond donors (Lipinski definition) is 2. The summed E-state index contributed by atoms with van der Waals surface area (Å²) in [6.07, 6.45) is 2.38. The van der Waals surface area contributed by atoms with Gasteiger partial charge in [-0.25, -0.2) is 28.2 Å². The Bertz CT molecular complexity index is 1370. The van der Waals surface area contributed by atoms with Crippen LogP contribution in [0.3, 0.4) is 0 Å². The van der Waals surface area contributed by atoms with Crippen LogP contribution in [-0.4, -0.2) is 86.1 Å². The molecule has 3 N–H and O–H groups in total. The zero-order chi connectivity index (χ0) is 25.5. The smallest absolute Gasteiger partial charge is 0.410 e. The van der Waals surface area contributed by atoms with Gasteiger partial charge in [0, 0.05) is 31.4 Å². The minimum atomic E-state index is -3.92. The Balaban J connectivity index is 1.61. The van der Waals surface area contributed by atoms with Crippen LogP contribution in [0.5, 0.6) is 0 Å². The molecule has 3 heterocycles. The molecule has 0 unspecified atom stereocenters. The fraction of sp³-hybridized carbons (Fsp3) is 0.455. The highest BCUT2D eigenvalue weighted by molar-refractivity contribution is 7.89. The van der Waals surface area contributed by atoms with Crippen molar-refractivity contribution in [2.45, 2.75) is 44.2 Å². The Morgan fingerprint density at radius 2 is 2.00 bits per heavy atom. The van der Waals surface area contributed by atoms with Crippen molar-refractivity contribution in [3.63, 3.8) is 0 Å². The second kappa shape index (κ2) is 9.06. The number of hydrogen-bond acceptors (Lipinski definition) is 9. The number of fused-ring (bicyclic) bond motifs is 1. The number of nitrogen functional groups attached to an aromatic ring is 1. The van der Waals surface area contributed by atoms with Gasteiger partial charge >= 0.3 is 6.09 Å². The van der Waals surface area contributed by atoms with E-state index in [9.17, 15) is 18.3 Å². The molecule has 12 nitrogen and oxygen atoms in total. The van der Waals surface area contributed by atoms with Gasteiger partial charge in [0.05, 0.1) is 23.2 Å². The number of rotatable bonds is 4. The number of piperazine rings is 1. The molecule has 1 aliphatic heterocycles. The van der Waals surface area contributed by atoms with Gasteiger partial charge in [-0.2, -0.15) is 4.31 Å². The maximum absolute atomic E-state index is 13.5. The third-order valence-electron chi connectivity index (χ3n) is 5.70. The Morgan fingerprint density at radius 1 is 1.26 bits per heavy atom. The molecule has 35 heavy (non-hydrogen) atoms. The number of aliphatic hydroxyl groups excluding tert-OH is 1. The molecule has 1 aromatic carbocycles. The molecule has 2 aromatic heterocycles. The van der Waals surface area contributed by atoms with Gasteiger partial charge in [-0.3, -0.25) is 4.40 Å². The summed E-state index contributed by atoms with van der Waals surface area (Å²) in [7, 11) is -3.92. The molecule has 4 rings (SSSR count). The molecule has 1 fully saturated rings. The number of ether oxygens (including phenoxy) is 1. The highest BCUT2D eigenvalue weighted by Gasteiger charge is 2.38. The van der Waals surface area contributed by atoms with Crippen LogP contribution in [-0.2, 0) is 14.8 Å². The molecule has 0 spiro atoms. The summed E-state index contributed by atoms with van der Waals surface area (Å²) in [5.74, 6) is 0.567. The number of aliphatic hydroxyl groups is 1. The molecular formula is C22H29N7O5S. The van der Waals surface area contributed by atoms with E-state index in [0.29, 0.717) is 17.0 Å². The van der Waals surface area contributed by atoms with E-state index >= 15 is 0 Å². The third-order valence-corrected chi connectivity index (χ3v) is 7.57. The van der Waals surface area contributed by atoms with Crippen LogP contribution in [0, 0.1) is 6.92 Å². The van der Waals surface area contributed by atoms with Gasteiger partial charge in [0.15, 0.2) is 0 Å². The van der Waals surface area contributed by atoms with Gasteiger partial charge < -0.3 is 20.5 Å². The Hall–Kier alpha value is -3.29. The van der Waals surface area contributed by atoms with Crippen LogP contribution in [0.4, 0.5) is 10.7 Å². The summed E-state index contributed by atoms with van der Waals surface area (Å²) in [6, 6.07) is 4.08. The predicted octanol–water partition coefficient (Wildman–Crippen LogP) is 1.28.